The van der Waals surface area contributed by atoms with Crippen molar-refractivity contribution in [2.24, 2.45) is 5.73 Å². The molecule has 0 fully saturated rings. The van der Waals surface area contributed by atoms with E-state index in [0.29, 0.717) is 0 Å². The van der Waals surface area contributed by atoms with Crippen LogP contribution in [0.2, 0.25) is 0 Å². The van der Waals surface area contributed by atoms with E-state index in [0.717, 1.165) is 6.26 Å². The molecule has 4 N–H and O–H groups in total. The molecule has 7 heteroatoms. The zero-order chi connectivity index (χ0) is 8.91. The predicted molar refractivity (Wildman–Crippen MR) is 40.4 cm³/mol. The summed E-state index contributed by atoms with van der Waals surface area (Å²) in [6, 6.07) is -0.666. The summed E-state index contributed by atoms with van der Waals surface area (Å²) in [6.45, 7) is 0.351. The molecule has 0 aliphatic rings. The average Bonchev–Trinajstić information content (AvgIpc) is 1.78. The fraction of sp³-hybridized carbons (Fsp3) is 0.750. The molecule has 0 radical (unpaired) electrons. The van der Waals surface area contributed by atoms with Gasteiger partial charge in [0.1, 0.15) is 0 Å². The van der Waals surface area contributed by atoms with Gasteiger partial charge in [-0.25, -0.2) is 17.9 Å². The Hall–Kier alpha value is -0.820. The minimum absolute atomic E-state index is 0.155. The van der Waals surface area contributed by atoms with E-state index >= 15 is 0 Å². The molecule has 0 saturated carbocycles. The highest BCUT2D eigenvalue weighted by molar-refractivity contribution is 7.88. The first-order chi connectivity index (χ1) is 4.92. The first-order valence-electron chi connectivity index (χ1n) is 2.90. The Morgan fingerprint density at radius 1 is 1.45 bits per heavy atom. The minimum Gasteiger partial charge on any atom is -0.352 e. The van der Waals surface area contributed by atoms with Crippen molar-refractivity contribution < 1.29 is 13.2 Å². The number of hydrogen-bond donors (Lipinski definition) is 3. The molecule has 66 valence electrons. The average molecular weight is 181 g/mol. The quantitative estimate of drug-likeness (QED) is 0.446. The molecule has 0 bridgehead atoms. The number of hydrogen-bond acceptors (Lipinski definition) is 3. The fourth-order valence-corrected chi connectivity index (χ4v) is 0.895. The highest BCUT2D eigenvalue weighted by atomic mass is 32.2. The fourth-order valence-electron chi connectivity index (χ4n) is 0.422. The van der Waals surface area contributed by atoms with Crippen molar-refractivity contribution in [3.8, 4) is 0 Å². The van der Waals surface area contributed by atoms with Crippen LogP contribution in [0.25, 0.3) is 0 Å². The van der Waals surface area contributed by atoms with E-state index in [1.807, 2.05) is 0 Å². The number of amides is 2. The second-order valence-electron chi connectivity index (χ2n) is 1.96. The molecule has 0 atom stereocenters. The van der Waals surface area contributed by atoms with Crippen LogP contribution in [0.4, 0.5) is 4.79 Å². The van der Waals surface area contributed by atoms with Crippen molar-refractivity contribution in [1.29, 1.82) is 0 Å². The van der Waals surface area contributed by atoms with E-state index in [9.17, 15) is 13.2 Å². The van der Waals surface area contributed by atoms with Gasteiger partial charge in [0.05, 0.1) is 6.26 Å². The maximum Gasteiger partial charge on any atom is 0.312 e. The van der Waals surface area contributed by atoms with Gasteiger partial charge in [0.25, 0.3) is 0 Å². The third-order valence-electron chi connectivity index (χ3n) is 0.788. The zero-order valence-corrected chi connectivity index (χ0v) is 6.94. The smallest absolute Gasteiger partial charge is 0.312 e. The van der Waals surface area contributed by atoms with Crippen LogP contribution in [0.5, 0.6) is 0 Å². The van der Waals surface area contributed by atoms with Gasteiger partial charge in [-0.05, 0) is 0 Å². The zero-order valence-electron chi connectivity index (χ0n) is 6.12. The first-order valence-corrected chi connectivity index (χ1v) is 4.79. The Balaban J connectivity index is 3.37. The van der Waals surface area contributed by atoms with Crippen molar-refractivity contribution >= 4 is 16.1 Å². The summed E-state index contributed by atoms with van der Waals surface area (Å²) in [4.78, 5) is 10.1. The first kappa shape index (κ1) is 10.2. The molecule has 2 amide bonds. The number of carbonyl (C=O) groups is 1. The highest BCUT2D eigenvalue weighted by Gasteiger charge is 1.98. The third-order valence-corrected chi connectivity index (χ3v) is 1.52. The van der Waals surface area contributed by atoms with E-state index < -0.39 is 16.1 Å². The lowest BCUT2D eigenvalue weighted by Gasteiger charge is -2.01. The van der Waals surface area contributed by atoms with Gasteiger partial charge in [-0.15, -0.1) is 0 Å². The van der Waals surface area contributed by atoms with Gasteiger partial charge < -0.3 is 11.1 Å². The van der Waals surface area contributed by atoms with E-state index in [-0.39, 0.29) is 13.1 Å². The van der Waals surface area contributed by atoms with Crippen molar-refractivity contribution in [3.05, 3.63) is 0 Å². The van der Waals surface area contributed by atoms with Crippen LogP contribution in [0.1, 0.15) is 0 Å². The molecule has 0 aromatic rings. The summed E-state index contributed by atoms with van der Waals surface area (Å²) in [5, 5.41) is 2.23. The summed E-state index contributed by atoms with van der Waals surface area (Å²) in [7, 11) is -3.16. The predicted octanol–water partition coefficient (Wildman–Crippen LogP) is -1.80. The molecule has 0 heterocycles. The lowest BCUT2D eigenvalue weighted by molar-refractivity contribution is 0.249. The van der Waals surface area contributed by atoms with Crippen LogP contribution < -0.4 is 15.8 Å². The lowest BCUT2D eigenvalue weighted by Crippen LogP contribution is -2.36. The number of rotatable bonds is 4. The van der Waals surface area contributed by atoms with Gasteiger partial charge >= 0.3 is 6.03 Å². The Morgan fingerprint density at radius 2 is 2.00 bits per heavy atom. The molecule has 0 rings (SSSR count). The van der Waals surface area contributed by atoms with Crippen LogP contribution in [0, 0.1) is 0 Å². The molecule has 11 heavy (non-hydrogen) atoms. The number of sulfonamides is 1. The number of urea groups is 1. The Morgan fingerprint density at radius 3 is 2.36 bits per heavy atom. The van der Waals surface area contributed by atoms with Crippen LogP contribution in [0.3, 0.4) is 0 Å². The molecule has 0 aliphatic heterocycles. The molecule has 0 spiro atoms. The number of nitrogens with two attached hydrogens (primary N) is 1. The SMILES string of the molecule is CS(=O)(=O)NCCNC(N)=O. The Bertz CT molecular complexity index is 223. The van der Waals surface area contributed by atoms with Gasteiger partial charge in [-0.2, -0.15) is 0 Å². The highest BCUT2D eigenvalue weighted by Crippen LogP contribution is 1.70. The maximum absolute atomic E-state index is 10.4. The second-order valence-corrected chi connectivity index (χ2v) is 3.79. The standard InChI is InChI=1S/C4H11N3O3S/c1-11(9,10)7-3-2-6-4(5)8/h7H,2-3H2,1H3,(H3,5,6,8). The van der Waals surface area contributed by atoms with E-state index in [1.165, 1.54) is 0 Å². The van der Waals surface area contributed by atoms with Gasteiger partial charge in [-0.3, -0.25) is 0 Å². The monoisotopic (exact) mass is 181 g/mol. The summed E-state index contributed by atoms with van der Waals surface area (Å²) in [5.74, 6) is 0. The molecular formula is C4H11N3O3S. The Labute approximate surface area is 65.2 Å². The number of primary amides is 1. The van der Waals surface area contributed by atoms with E-state index in [2.05, 4.69) is 10.0 Å². The topological polar surface area (TPSA) is 101 Å². The lowest BCUT2D eigenvalue weighted by atomic mass is 10.6. The van der Waals surface area contributed by atoms with Crippen LogP contribution >= 0.6 is 0 Å². The van der Waals surface area contributed by atoms with E-state index in [1.54, 1.807) is 0 Å². The maximum atomic E-state index is 10.4. The van der Waals surface area contributed by atoms with Crippen molar-refractivity contribution in [2.75, 3.05) is 19.3 Å². The van der Waals surface area contributed by atoms with Crippen LogP contribution in [-0.4, -0.2) is 33.8 Å². The molecule has 0 aromatic heterocycles. The molecule has 0 saturated heterocycles. The van der Waals surface area contributed by atoms with Crippen molar-refractivity contribution in [3.63, 3.8) is 0 Å². The molecule has 6 nitrogen and oxygen atoms in total. The van der Waals surface area contributed by atoms with Crippen molar-refractivity contribution in [1.82, 2.24) is 10.0 Å². The molecule has 0 unspecified atom stereocenters. The van der Waals surface area contributed by atoms with E-state index in [4.69, 9.17) is 5.73 Å². The van der Waals surface area contributed by atoms with Crippen LogP contribution in [0.15, 0.2) is 0 Å². The summed E-state index contributed by atoms with van der Waals surface area (Å²) >= 11 is 0. The van der Waals surface area contributed by atoms with Gasteiger partial charge in [0.15, 0.2) is 0 Å². The van der Waals surface area contributed by atoms with Gasteiger partial charge in [0.2, 0.25) is 10.0 Å². The minimum atomic E-state index is -3.16. The summed E-state index contributed by atoms with van der Waals surface area (Å²) in [6.07, 6.45) is 1.04. The normalized spacial score (nSPS) is 11.0. The second kappa shape index (κ2) is 4.14. The van der Waals surface area contributed by atoms with Crippen LogP contribution in [-0.2, 0) is 10.0 Å². The summed E-state index contributed by atoms with van der Waals surface area (Å²) < 4.78 is 23.0. The molecule has 0 aromatic carbocycles. The summed E-state index contributed by atoms with van der Waals surface area (Å²) in [5.41, 5.74) is 4.72. The number of carbonyl (C=O) groups excluding carboxylic acids is 1. The van der Waals surface area contributed by atoms with Gasteiger partial charge in [-0.1, -0.05) is 0 Å². The molecular weight excluding hydrogens is 170 g/mol. The van der Waals surface area contributed by atoms with Gasteiger partial charge in [0, 0.05) is 13.1 Å². The number of nitrogens with one attached hydrogen (secondary N) is 2. The van der Waals surface area contributed by atoms with Crippen molar-refractivity contribution in [2.45, 2.75) is 0 Å². The Kier molecular flexibility index (Phi) is 3.83. The largest absolute Gasteiger partial charge is 0.352 e. The molecule has 0 aliphatic carbocycles. The third kappa shape index (κ3) is 9.18.